The first-order valence-electron chi connectivity index (χ1n) is 4.89. The minimum Gasteiger partial charge on any atom is -1.00 e. The molecule has 1 rings (SSSR count). The molecule has 0 atom stereocenters. The molecule has 2 nitrogen and oxygen atoms in total. The van der Waals surface area contributed by atoms with Crippen molar-refractivity contribution in [2.24, 2.45) is 0 Å². The highest BCUT2D eigenvalue weighted by atomic mass is 35.5. The Morgan fingerprint density at radius 2 is 1.76 bits per heavy atom. The highest BCUT2D eigenvalue weighted by Gasteiger charge is 2.15. The van der Waals surface area contributed by atoms with Gasteiger partial charge in [0, 0.05) is 5.56 Å². The number of Topliss-reactive ketones (excluding diaryl/α,β-unsaturated/α-hetero) is 1. The molecule has 0 fully saturated rings. The summed E-state index contributed by atoms with van der Waals surface area (Å²) in [5.74, 6) is -0.00948. The van der Waals surface area contributed by atoms with Gasteiger partial charge in [-0.1, -0.05) is 34.8 Å². The Morgan fingerprint density at radius 3 is 2.29 bits per heavy atom. The van der Waals surface area contributed by atoms with Crippen LogP contribution in [0.4, 0.5) is 0 Å². The molecule has 0 amide bonds. The molecule has 0 aliphatic heterocycles. The molecule has 1 aromatic rings. The van der Waals surface area contributed by atoms with E-state index in [0.717, 1.165) is 6.54 Å². The molecule has 1 N–H and O–H groups in total. The number of rotatable bonds is 4. The SMILES string of the molecule is C[NH+](C)CCC(=O)c1ccc(Cl)c(Cl)c1Cl.[Cl-]. The molecule has 0 saturated heterocycles. The average molecular weight is 317 g/mol. The molecular formula is C11H13Cl4NO. The van der Waals surface area contributed by atoms with Crippen LogP contribution in [0.2, 0.25) is 15.1 Å². The Balaban J connectivity index is 0.00000256. The van der Waals surface area contributed by atoms with Gasteiger partial charge in [0.1, 0.15) is 0 Å². The van der Waals surface area contributed by atoms with E-state index in [2.05, 4.69) is 0 Å². The van der Waals surface area contributed by atoms with Crippen LogP contribution < -0.4 is 17.3 Å². The van der Waals surface area contributed by atoms with Crippen LogP contribution in [0, 0.1) is 0 Å². The van der Waals surface area contributed by atoms with Crippen molar-refractivity contribution in [3.63, 3.8) is 0 Å². The Bertz CT molecular complexity index is 407. The summed E-state index contributed by atoms with van der Waals surface area (Å²) in [6.07, 6.45) is 0.444. The number of quaternary nitrogens is 1. The molecule has 0 aliphatic carbocycles. The fourth-order valence-corrected chi connectivity index (χ4v) is 1.88. The normalized spacial score (nSPS) is 10.2. The Kier molecular flexibility index (Phi) is 7.45. The lowest BCUT2D eigenvalue weighted by molar-refractivity contribution is -0.857. The molecule has 0 aliphatic rings. The van der Waals surface area contributed by atoms with Gasteiger partial charge in [0.25, 0.3) is 0 Å². The highest BCUT2D eigenvalue weighted by Crippen LogP contribution is 2.33. The molecule has 0 aromatic heterocycles. The molecule has 1 aromatic carbocycles. The van der Waals surface area contributed by atoms with E-state index in [-0.39, 0.29) is 28.2 Å². The number of halogens is 4. The van der Waals surface area contributed by atoms with Gasteiger partial charge in [-0.2, -0.15) is 0 Å². The second-order valence-electron chi connectivity index (χ2n) is 3.85. The second kappa shape index (κ2) is 7.45. The number of carbonyl (C=O) groups is 1. The molecule has 96 valence electrons. The van der Waals surface area contributed by atoms with Crippen molar-refractivity contribution in [2.45, 2.75) is 6.42 Å². The predicted molar refractivity (Wildman–Crippen MR) is 68.1 cm³/mol. The van der Waals surface area contributed by atoms with E-state index in [1.807, 2.05) is 14.1 Å². The zero-order chi connectivity index (χ0) is 12.3. The van der Waals surface area contributed by atoms with Crippen LogP contribution in [0.5, 0.6) is 0 Å². The predicted octanol–water partition coefficient (Wildman–Crippen LogP) is -0.632. The van der Waals surface area contributed by atoms with Crippen molar-refractivity contribution in [2.75, 3.05) is 20.6 Å². The van der Waals surface area contributed by atoms with E-state index in [1.54, 1.807) is 12.1 Å². The molecule has 0 radical (unpaired) electrons. The first kappa shape index (κ1) is 17.0. The first-order valence-corrected chi connectivity index (χ1v) is 6.02. The number of carbonyl (C=O) groups excluding carboxylic acids is 1. The summed E-state index contributed by atoms with van der Waals surface area (Å²) in [6.45, 7) is 0.759. The van der Waals surface area contributed by atoms with Gasteiger partial charge in [-0.15, -0.1) is 0 Å². The van der Waals surface area contributed by atoms with Crippen molar-refractivity contribution >= 4 is 40.6 Å². The minimum absolute atomic E-state index is 0. The van der Waals surface area contributed by atoms with E-state index in [1.165, 1.54) is 4.90 Å². The molecule has 0 bridgehead atoms. The third kappa shape index (κ3) is 4.65. The molecule has 0 heterocycles. The lowest BCUT2D eigenvalue weighted by Crippen LogP contribution is -3.05. The molecule has 0 saturated carbocycles. The third-order valence-electron chi connectivity index (χ3n) is 2.19. The zero-order valence-electron chi connectivity index (χ0n) is 9.49. The van der Waals surface area contributed by atoms with Crippen LogP contribution in [-0.2, 0) is 0 Å². The number of hydrogen-bond donors (Lipinski definition) is 1. The largest absolute Gasteiger partial charge is 1.00 e. The highest BCUT2D eigenvalue weighted by molar-refractivity contribution is 6.49. The van der Waals surface area contributed by atoms with Crippen LogP contribution in [0.3, 0.4) is 0 Å². The number of ketones is 1. The summed E-state index contributed by atoms with van der Waals surface area (Å²) < 4.78 is 0. The van der Waals surface area contributed by atoms with Crippen molar-refractivity contribution in [1.29, 1.82) is 0 Å². The topological polar surface area (TPSA) is 21.5 Å². The van der Waals surface area contributed by atoms with E-state index in [9.17, 15) is 4.79 Å². The summed E-state index contributed by atoms with van der Waals surface area (Å²) in [5, 5.41) is 0.848. The van der Waals surface area contributed by atoms with Crippen molar-refractivity contribution in [3.05, 3.63) is 32.8 Å². The minimum atomic E-state index is -0.00948. The van der Waals surface area contributed by atoms with Crippen LogP contribution in [0.1, 0.15) is 16.8 Å². The molecule has 6 heteroatoms. The average Bonchev–Trinajstić information content (AvgIpc) is 2.23. The van der Waals surface area contributed by atoms with Gasteiger partial charge in [0.15, 0.2) is 5.78 Å². The summed E-state index contributed by atoms with van der Waals surface area (Å²) in [7, 11) is 3.98. The lowest BCUT2D eigenvalue weighted by Gasteiger charge is -2.08. The van der Waals surface area contributed by atoms with E-state index in [0.29, 0.717) is 17.0 Å². The smallest absolute Gasteiger partial charge is 0.170 e. The number of hydrogen-bond acceptors (Lipinski definition) is 1. The van der Waals surface area contributed by atoms with Crippen LogP contribution >= 0.6 is 34.8 Å². The molecule has 0 unspecified atom stereocenters. The van der Waals surface area contributed by atoms with Crippen molar-refractivity contribution in [3.8, 4) is 0 Å². The summed E-state index contributed by atoms with van der Waals surface area (Å²) >= 11 is 17.6. The summed E-state index contributed by atoms with van der Waals surface area (Å²) in [5.41, 5.74) is 0.442. The van der Waals surface area contributed by atoms with Gasteiger partial charge < -0.3 is 17.3 Å². The van der Waals surface area contributed by atoms with Gasteiger partial charge in [-0.05, 0) is 12.1 Å². The second-order valence-corrected chi connectivity index (χ2v) is 5.02. The van der Waals surface area contributed by atoms with Crippen molar-refractivity contribution < 1.29 is 22.1 Å². The van der Waals surface area contributed by atoms with Gasteiger partial charge in [-0.3, -0.25) is 4.79 Å². The molecule has 0 spiro atoms. The lowest BCUT2D eigenvalue weighted by atomic mass is 10.1. The van der Waals surface area contributed by atoms with Crippen LogP contribution in [0.15, 0.2) is 12.1 Å². The number of nitrogens with one attached hydrogen (secondary N) is 1. The van der Waals surface area contributed by atoms with Gasteiger partial charge in [-0.25, -0.2) is 0 Å². The Morgan fingerprint density at radius 1 is 1.18 bits per heavy atom. The van der Waals surface area contributed by atoms with E-state index < -0.39 is 0 Å². The standard InChI is InChI=1S/C11H12Cl3NO.ClH/c1-15(2)6-5-9(16)7-3-4-8(12)11(14)10(7)13;/h3-4H,5-6H2,1-2H3;1H. The Labute approximate surface area is 122 Å². The molecular weight excluding hydrogens is 304 g/mol. The summed E-state index contributed by atoms with van der Waals surface area (Å²) in [6, 6.07) is 3.20. The van der Waals surface area contributed by atoms with E-state index in [4.69, 9.17) is 34.8 Å². The van der Waals surface area contributed by atoms with Gasteiger partial charge in [0.2, 0.25) is 0 Å². The molecule has 17 heavy (non-hydrogen) atoms. The zero-order valence-corrected chi connectivity index (χ0v) is 12.5. The van der Waals surface area contributed by atoms with E-state index >= 15 is 0 Å². The van der Waals surface area contributed by atoms with Crippen LogP contribution in [0.25, 0.3) is 0 Å². The monoisotopic (exact) mass is 315 g/mol. The first-order chi connectivity index (χ1) is 7.43. The Hall–Kier alpha value is 0.01000. The third-order valence-corrected chi connectivity index (χ3v) is 3.48. The quantitative estimate of drug-likeness (QED) is 0.580. The van der Waals surface area contributed by atoms with Gasteiger partial charge >= 0.3 is 0 Å². The fraction of sp³-hybridized carbons (Fsp3) is 0.364. The number of benzene rings is 1. The van der Waals surface area contributed by atoms with Crippen molar-refractivity contribution in [1.82, 2.24) is 0 Å². The van der Waals surface area contributed by atoms with Crippen LogP contribution in [-0.4, -0.2) is 26.4 Å². The fourth-order valence-electron chi connectivity index (χ4n) is 1.24. The maximum atomic E-state index is 11.8. The summed E-state index contributed by atoms with van der Waals surface area (Å²) in [4.78, 5) is 13.0. The van der Waals surface area contributed by atoms with Gasteiger partial charge in [0.05, 0.1) is 42.1 Å². The maximum Gasteiger partial charge on any atom is 0.170 e. The maximum absolute atomic E-state index is 11.8.